The molecule has 0 aromatic carbocycles. The third-order valence-electron chi connectivity index (χ3n) is 3.65. The number of nitrogens with two attached hydrogens (primary N) is 1. The van der Waals surface area contributed by atoms with Gasteiger partial charge in [-0.05, 0) is 25.0 Å². The largest absolute Gasteiger partial charge is 0.480 e. The Morgan fingerprint density at radius 1 is 1.56 bits per heavy atom. The van der Waals surface area contributed by atoms with E-state index < -0.39 is 5.41 Å². The highest BCUT2D eigenvalue weighted by Crippen LogP contribution is 2.38. The molecule has 0 aliphatic heterocycles. The lowest BCUT2D eigenvalue weighted by Crippen LogP contribution is -2.40. The van der Waals surface area contributed by atoms with E-state index in [1.807, 2.05) is 0 Å². The van der Waals surface area contributed by atoms with E-state index in [2.05, 4.69) is 10.3 Å². The molecule has 3 N–H and O–H groups in total. The van der Waals surface area contributed by atoms with Crippen molar-refractivity contribution in [2.45, 2.75) is 25.7 Å². The highest BCUT2D eigenvalue weighted by atomic mass is 16.5. The van der Waals surface area contributed by atoms with Crippen LogP contribution in [0.15, 0.2) is 18.3 Å². The van der Waals surface area contributed by atoms with Gasteiger partial charge in [0.05, 0.1) is 12.5 Å². The molecule has 2 rings (SSSR count). The monoisotopic (exact) mass is 249 g/mol. The number of hydrogen-bond acceptors (Lipinski definition) is 4. The summed E-state index contributed by atoms with van der Waals surface area (Å²) in [5.41, 5.74) is 5.97. The molecule has 0 spiro atoms. The van der Waals surface area contributed by atoms with Gasteiger partial charge in [-0.2, -0.15) is 0 Å². The van der Waals surface area contributed by atoms with E-state index in [9.17, 15) is 4.79 Å². The van der Waals surface area contributed by atoms with Crippen molar-refractivity contribution >= 4 is 11.6 Å². The van der Waals surface area contributed by atoms with E-state index >= 15 is 0 Å². The molecule has 1 fully saturated rings. The summed E-state index contributed by atoms with van der Waals surface area (Å²) >= 11 is 0. The molecular formula is C13H19N3O2. The van der Waals surface area contributed by atoms with E-state index in [1.54, 1.807) is 18.3 Å². The number of amides is 1. The van der Waals surface area contributed by atoms with Crippen LogP contribution >= 0.6 is 0 Å². The van der Waals surface area contributed by atoms with Gasteiger partial charge >= 0.3 is 0 Å². The van der Waals surface area contributed by atoms with Crippen LogP contribution in [0.25, 0.3) is 0 Å². The van der Waals surface area contributed by atoms with Gasteiger partial charge in [-0.15, -0.1) is 0 Å². The smallest absolute Gasteiger partial charge is 0.237 e. The third-order valence-corrected chi connectivity index (χ3v) is 3.65. The summed E-state index contributed by atoms with van der Waals surface area (Å²) in [4.78, 5) is 16.4. The highest BCUT2D eigenvalue weighted by Gasteiger charge is 2.40. The molecule has 1 aromatic rings. The van der Waals surface area contributed by atoms with Crippen molar-refractivity contribution in [1.82, 2.24) is 4.98 Å². The molecule has 1 heterocycles. The number of aromatic nitrogens is 1. The summed E-state index contributed by atoms with van der Waals surface area (Å²) < 4.78 is 5.12. The lowest BCUT2D eigenvalue weighted by Gasteiger charge is -2.25. The second kappa shape index (κ2) is 5.35. The van der Waals surface area contributed by atoms with E-state index in [1.165, 1.54) is 7.11 Å². The SMILES string of the molecule is COc1ncccc1NC(=O)C1(CN)CCCC1. The van der Waals surface area contributed by atoms with Crippen molar-refractivity contribution in [2.24, 2.45) is 11.1 Å². The maximum atomic E-state index is 12.4. The molecule has 0 saturated heterocycles. The van der Waals surface area contributed by atoms with Gasteiger partial charge in [0.25, 0.3) is 0 Å². The molecule has 5 heteroatoms. The lowest BCUT2D eigenvalue weighted by molar-refractivity contribution is -0.124. The summed E-state index contributed by atoms with van der Waals surface area (Å²) in [5, 5.41) is 2.89. The first kappa shape index (κ1) is 12.8. The average molecular weight is 249 g/mol. The van der Waals surface area contributed by atoms with Crippen LogP contribution in [0.4, 0.5) is 5.69 Å². The van der Waals surface area contributed by atoms with Gasteiger partial charge < -0.3 is 15.8 Å². The van der Waals surface area contributed by atoms with Gasteiger partial charge in [0.15, 0.2) is 0 Å². The van der Waals surface area contributed by atoms with Crippen LogP contribution < -0.4 is 15.8 Å². The minimum Gasteiger partial charge on any atom is -0.480 e. The fraction of sp³-hybridized carbons (Fsp3) is 0.538. The first-order chi connectivity index (χ1) is 8.72. The zero-order valence-corrected chi connectivity index (χ0v) is 10.6. The van der Waals surface area contributed by atoms with Crippen molar-refractivity contribution in [1.29, 1.82) is 0 Å². The first-order valence-electron chi connectivity index (χ1n) is 6.22. The van der Waals surface area contributed by atoms with E-state index in [-0.39, 0.29) is 5.91 Å². The second-order valence-corrected chi connectivity index (χ2v) is 4.71. The van der Waals surface area contributed by atoms with E-state index in [0.717, 1.165) is 25.7 Å². The summed E-state index contributed by atoms with van der Waals surface area (Å²) in [6.07, 6.45) is 5.47. The number of anilines is 1. The number of hydrogen-bond donors (Lipinski definition) is 2. The molecule has 0 bridgehead atoms. The van der Waals surface area contributed by atoms with Gasteiger partial charge in [-0.3, -0.25) is 4.79 Å². The number of nitrogens with zero attached hydrogens (tertiary/aromatic N) is 1. The van der Waals surface area contributed by atoms with Crippen LogP contribution in [-0.4, -0.2) is 24.5 Å². The van der Waals surface area contributed by atoms with Crippen molar-refractivity contribution in [3.8, 4) is 5.88 Å². The van der Waals surface area contributed by atoms with Crippen molar-refractivity contribution in [3.05, 3.63) is 18.3 Å². The third kappa shape index (κ3) is 2.31. The Morgan fingerprint density at radius 3 is 2.89 bits per heavy atom. The maximum absolute atomic E-state index is 12.4. The summed E-state index contributed by atoms with van der Waals surface area (Å²) in [5.74, 6) is 0.407. The molecule has 18 heavy (non-hydrogen) atoms. The van der Waals surface area contributed by atoms with Crippen LogP contribution in [0.2, 0.25) is 0 Å². The number of rotatable bonds is 4. The van der Waals surface area contributed by atoms with E-state index in [0.29, 0.717) is 18.1 Å². The van der Waals surface area contributed by atoms with Crippen LogP contribution in [0.5, 0.6) is 5.88 Å². The van der Waals surface area contributed by atoms with Gasteiger partial charge in [-0.1, -0.05) is 12.8 Å². The van der Waals surface area contributed by atoms with E-state index in [4.69, 9.17) is 10.5 Å². The number of pyridine rings is 1. The highest BCUT2D eigenvalue weighted by molar-refractivity contribution is 5.96. The topological polar surface area (TPSA) is 77.2 Å². The molecule has 0 radical (unpaired) electrons. The zero-order valence-electron chi connectivity index (χ0n) is 10.6. The lowest BCUT2D eigenvalue weighted by atomic mass is 9.85. The minimum atomic E-state index is -0.416. The number of methoxy groups -OCH3 is 1. The zero-order chi connectivity index (χ0) is 13.0. The first-order valence-corrected chi connectivity index (χ1v) is 6.22. The van der Waals surface area contributed by atoms with Crippen molar-refractivity contribution in [2.75, 3.05) is 19.0 Å². The number of nitrogens with one attached hydrogen (secondary N) is 1. The summed E-state index contributed by atoms with van der Waals surface area (Å²) in [7, 11) is 1.53. The molecule has 1 aromatic heterocycles. The van der Waals surface area contributed by atoms with Gasteiger partial charge in [0.2, 0.25) is 11.8 Å². The molecule has 1 amide bonds. The quantitative estimate of drug-likeness (QED) is 0.848. The maximum Gasteiger partial charge on any atom is 0.237 e. The minimum absolute atomic E-state index is 0.0196. The van der Waals surface area contributed by atoms with Crippen LogP contribution in [0.3, 0.4) is 0 Å². The predicted octanol–water partition coefficient (Wildman–Crippen LogP) is 1.55. The number of ether oxygens (including phenoxy) is 1. The van der Waals surface area contributed by atoms with Crippen molar-refractivity contribution in [3.63, 3.8) is 0 Å². The Kier molecular flexibility index (Phi) is 3.81. The van der Waals surface area contributed by atoms with Crippen LogP contribution in [0, 0.1) is 5.41 Å². The standard InChI is InChI=1S/C13H19N3O2/c1-18-11-10(5-4-8-15-11)16-12(17)13(9-14)6-2-3-7-13/h4-5,8H,2-3,6-7,9,14H2,1H3,(H,16,17). The van der Waals surface area contributed by atoms with Crippen LogP contribution in [-0.2, 0) is 4.79 Å². The Bertz CT molecular complexity index is 428. The summed E-state index contributed by atoms with van der Waals surface area (Å²) in [6.45, 7) is 0.390. The second-order valence-electron chi connectivity index (χ2n) is 4.71. The molecule has 1 aliphatic rings. The Balaban J connectivity index is 2.15. The molecule has 0 unspecified atom stereocenters. The van der Waals surface area contributed by atoms with Crippen LogP contribution in [0.1, 0.15) is 25.7 Å². The number of carbonyl (C=O) groups excluding carboxylic acids is 1. The average Bonchev–Trinajstić information content (AvgIpc) is 2.89. The predicted molar refractivity (Wildman–Crippen MR) is 69.4 cm³/mol. The normalized spacial score (nSPS) is 17.4. The molecule has 98 valence electrons. The Labute approximate surface area is 107 Å². The van der Waals surface area contributed by atoms with Gasteiger partial charge in [0.1, 0.15) is 5.69 Å². The molecule has 0 atom stereocenters. The van der Waals surface area contributed by atoms with Crippen molar-refractivity contribution < 1.29 is 9.53 Å². The Morgan fingerprint density at radius 2 is 2.28 bits per heavy atom. The molecule has 1 saturated carbocycles. The molecule has 1 aliphatic carbocycles. The number of carbonyl (C=O) groups is 1. The fourth-order valence-electron chi connectivity index (χ4n) is 2.48. The molecule has 5 nitrogen and oxygen atoms in total. The van der Waals surface area contributed by atoms with Gasteiger partial charge in [0, 0.05) is 12.7 Å². The Hall–Kier alpha value is -1.62. The summed E-state index contributed by atoms with van der Waals surface area (Å²) in [6, 6.07) is 3.55. The fourth-order valence-corrected chi connectivity index (χ4v) is 2.48. The molecular weight excluding hydrogens is 230 g/mol. The van der Waals surface area contributed by atoms with Gasteiger partial charge in [-0.25, -0.2) is 4.98 Å².